The van der Waals surface area contributed by atoms with Gasteiger partial charge in [0.2, 0.25) is 5.58 Å². The Morgan fingerprint density at radius 3 is 2.80 bits per heavy atom. The van der Waals surface area contributed by atoms with E-state index in [1.165, 1.54) is 0 Å². The molecular weight excluding hydrogens is 450 g/mol. The highest BCUT2D eigenvalue weighted by Crippen LogP contribution is 2.29. The van der Waals surface area contributed by atoms with Gasteiger partial charge in [0.05, 0.1) is 0 Å². The van der Waals surface area contributed by atoms with Crippen molar-refractivity contribution in [3.63, 3.8) is 0 Å². The molecule has 0 saturated carbocycles. The first-order valence-electron chi connectivity index (χ1n) is 9.38. The van der Waals surface area contributed by atoms with Crippen LogP contribution in [0, 0.1) is 0 Å². The maximum Gasteiger partial charge on any atom is 0.407 e. The van der Waals surface area contributed by atoms with Crippen LogP contribution in [0.4, 0.5) is 4.79 Å². The molecule has 0 radical (unpaired) electrons. The molecule has 8 heteroatoms. The molecule has 1 amide bonds. The largest absolute Gasteiger partial charge is 0.449 e. The number of carbonyl (C=O) groups excluding carboxylic acids is 1. The molecule has 2 heterocycles. The quantitative estimate of drug-likeness (QED) is 0.433. The van der Waals surface area contributed by atoms with Crippen molar-refractivity contribution in [1.82, 2.24) is 15.3 Å². The van der Waals surface area contributed by atoms with Gasteiger partial charge in [-0.3, -0.25) is 4.79 Å². The van der Waals surface area contributed by atoms with E-state index in [1.807, 2.05) is 57.2 Å². The SMILES string of the molecule is CC(C)(C)OC(=O)NCc1cccc(-c2nc3c(oc4ccc(Br)cc43)c(=O)[nH]2)c1. The van der Waals surface area contributed by atoms with E-state index >= 15 is 0 Å². The Balaban J connectivity index is 1.66. The summed E-state index contributed by atoms with van der Waals surface area (Å²) in [6.07, 6.45) is -0.490. The lowest BCUT2D eigenvalue weighted by atomic mass is 10.1. The van der Waals surface area contributed by atoms with Gasteiger partial charge in [0.15, 0.2) is 0 Å². The fourth-order valence-corrected chi connectivity index (χ4v) is 3.44. The van der Waals surface area contributed by atoms with Gasteiger partial charge in [-0.1, -0.05) is 34.1 Å². The monoisotopic (exact) mass is 469 g/mol. The predicted molar refractivity (Wildman–Crippen MR) is 118 cm³/mol. The van der Waals surface area contributed by atoms with Gasteiger partial charge < -0.3 is 19.5 Å². The second kappa shape index (κ2) is 7.60. The first-order valence-corrected chi connectivity index (χ1v) is 10.2. The first kappa shape index (κ1) is 20.2. The average Bonchev–Trinajstić information content (AvgIpc) is 3.04. The van der Waals surface area contributed by atoms with Gasteiger partial charge >= 0.3 is 6.09 Å². The fourth-order valence-electron chi connectivity index (χ4n) is 3.08. The number of halogens is 1. The Labute approximate surface area is 180 Å². The highest BCUT2D eigenvalue weighted by Gasteiger charge is 2.17. The molecule has 0 saturated heterocycles. The van der Waals surface area contributed by atoms with Crippen molar-refractivity contribution in [3.8, 4) is 11.4 Å². The Morgan fingerprint density at radius 1 is 1.23 bits per heavy atom. The number of ether oxygens (including phenoxy) is 1. The Morgan fingerprint density at radius 2 is 2.03 bits per heavy atom. The van der Waals surface area contributed by atoms with Gasteiger partial charge in [-0.05, 0) is 50.6 Å². The number of furan rings is 1. The molecule has 154 valence electrons. The van der Waals surface area contributed by atoms with Gasteiger partial charge in [0, 0.05) is 22.0 Å². The normalized spacial score (nSPS) is 11.7. The third kappa shape index (κ3) is 4.23. The molecule has 0 bridgehead atoms. The second-order valence-electron chi connectivity index (χ2n) is 7.89. The van der Waals surface area contributed by atoms with Crippen molar-refractivity contribution in [1.29, 1.82) is 0 Å². The lowest BCUT2D eigenvalue weighted by Gasteiger charge is -2.19. The van der Waals surface area contributed by atoms with Crippen molar-refractivity contribution >= 4 is 44.1 Å². The van der Waals surface area contributed by atoms with Crippen LogP contribution in [0.5, 0.6) is 0 Å². The van der Waals surface area contributed by atoms with Crippen molar-refractivity contribution in [2.45, 2.75) is 32.9 Å². The van der Waals surface area contributed by atoms with Gasteiger partial charge in [0.25, 0.3) is 5.56 Å². The summed E-state index contributed by atoms with van der Waals surface area (Å²) < 4.78 is 11.8. The number of amides is 1. The lowest BCUT2D eigenvalue weighted by molar-refractivity contribution is 0.0523. The summed E-state index contributed by atoms with van der Waals surface area (Å²) in [5.74, 6) is 0.425. The Bertz CT molecular complexity index is 1320. The number of fused-ring (bicyclic) bond motifs is 3. The number of benzene rings is 2. The average molecular weight is 470 g/mol. The molecule has 2 N–H and O–H groups in total. The van der Waals surface area contributed by atoms with E-state index in [9.17, 15) is 9.59 Å². The summed E-state index contributed by atoms with van der Waals surface area (Å²) in [4.78, 5) is 31.9. The van der Waals surface area contributed by atoms with E-state index in [2.05, 4.69) is 31.2 Å². The molecule has 30 heavy (non-hydrogen) atoms. The molecule has 4 rings (SSSR count). The van der Waals surface area contributed by atoms with Crippen LogP contribution in [-0.2, 0) is 11.3 Å². The third-order valence-electron chi connectivity index (χ3n) is 4.32. The number of H-pyrrole nitrogens is 1. The summed E-state index contributed by atoms with van der Waals surface area (Å²) >= 11 is 3.44. The molecule has 0 spiro atoms. The zero-order chi connectivity index (χ0) is 21.5. The number of nitrogens with zero attached hydrogens (tertiary/aromatic N) is 1. The predicted octanol–water partition coefficient (Wildman–Crippen LogP) is 5.12. The van der Waals surface area contributed by atoms with Gasteiger partial charge in [-0.25, -0.2) is 9.78 Å². The number of rotatable bonds is 3. The van der Waals surface area contributed by atoms with Crippen LogP contribution >= 0.6 is 15.9 Å². The number of alkyl carbamates (subject to hydrolysis) is 1. The van der Waals surface area contributed by atoms with Crippen molar-refractivity contribution in [3.05, 3.63) is 62.9 Å². The second-order valence-corrected chi connectivity index (χ2v) is 8.81. The highest BCUT2D eigenvalue weighted by atomic mass is 79.9. The fraction of sp³-hybridized carbons (Fsp3) is 0.227. The van der Waals surface area contributed by atoms with E-state index in [1.54, 1.807) is 6.07 Å². The number of aromatic amines is 1. The summed E-state index contributed by atoms with van der Waals surface area (Å²) in [5, 5.41) is 3.49. The molecule has 2 aromatic carbocycles. The molecule has 0 fully saturated rings. The molecule has 0 aliphatic rings. The maximum atomic E-state index is 12.6. The molecule has 2 aromatic heterocycles. The summed E-state index contributed by atoms with van der Waals surface area (Å²) in [6, 6.07) is 12.9. The molecule has 7 nitrogen and oxygen atoms in total. The lowest BCUT2D eigenvalue weighted by Crippen LogP contribution is -2.32. The number of nitrogens with one attached hydrogen (secondary N) is 2. The van der Waals surface area contributed by atoms with Gasteiger partial charge in [-0.15, -0.1) is 0 Å². The highest BCUT2D eigenvalue weighted by molar-refractivity contribution is 9.10. The Hall–Kier alpha value is -3.13. The number of hydrogen-bond donors (Lipinski definition) is 2. The number of aromatic nitrogens is 2. The van der Waals surface area contributed by atoms with E-state index in [-0.39, 0.29) is 17.7 Å². The van der Waals surface area contributed by atoms with E-state index < -0.39 is 11.7 Å². The molecule has 0 aliphatic heterocycles. The van der Waals surface area contributed by atoms with Crippen LogP contribution < -0.4 is 10.9 Å². The van der Waals surface area contributed by atoms with Gasteiger partial charge in [0.1, 0.15) is 22.5 Å². The topological polar surface area (TPSA) is 97.2 Å². The van der Waals surface area contributed by atoms with Gasteiger partial charge in [-0.2, -0.15) is 0 Å². The van der Waals surface area contributed by atoms with Crippen LogP contribution in [0.1, 0.15) is 26.3 Å². The summed E-state index contributed by atoms with van der Waals surface area (Å²) in [7, 11) is 0. The van der Waals surface area contributed by atoms with Crippen molar-refractivity contribution in [2.75, 3.05) is 0 Å². The van der Waals surface area contributed by atoms with E-state index in [0.29, 0.717) is 16.9 Å². The van der Waals surface area contributed by atoms with E-state index in [4.69, 9.17) is 9.15 Å². The molecule has 0 unspecified atom stereocenters. The summed E-state index contributed by atoms with van der Waals surface area (Å²) in [6.45, 7) is 5.72. The third-order valence-corrected chi connectivity index (χ3v) is 4.81. The minimum atomic E-state index is -0.562. The summed E-state index contributed by atoms with van der Waals surface area (Å²) in [5.41, 5.74) is 1.95. The molecule has 0 aliphatic carbocycles. The standard InChI is InChI=1S/C22H20BrN3O4/c1-22(2,3)30-21(28)24-11-12-5-4-6-13(9-12)19-25-17-15-10-14(23)7-8-16(15)29-18(17)20(27)26-19/h4-10H,11H2,1-3H3,(H,24,28)(H,25,26,27). The van der Waals surface area contributed by atoms with Crippen LogP contribution in [0.25, 0.3) is 33.5 Å². The molecular formula is C22H20BrN3O4. The zero-order valence-electron chi connectivity index (χ0n) is 16.7. The van der Waals surface area contributed by atoms with Crippen LogP contribution in [0.15, 0.2) is 56.1 Å². The van der Waals surface area contributed by atoms with Crippen molar-refractivity contribution < 1.29 is 13.9 Å². The molecule has 0 atom stereocenters. The minimum Gasteiger partial charge on any atom is -0.449 e. The minimum absolute atomic E-state index is 0.189. The molecule has 4 aromatic rings. The first-order chi connectivity index (χ1) is 14.2. The van der Waals surface area contributed by atoms with Crippen molar-refractivity contribution in [2.24, 2.45) is 0 Å². The number of carbonyl (C=O) groups is 1. The smallest absolute Gasteiger partial charge is 0.407 e. The van der Waals surface area contributed by atoms with Crippen LogP contribution in [0.2, 0.25) is 0 Å². The number of hydrogen-bond acceptors (Lipinski definition) is 5. The Kier molecular flexibility index (Phi) is 5.11. The van der Waals surface area contributed by atoms with E-state index in [0.717, 1.165) is 21.0 Å². The van der Waals surface area contributed by atoms with Crippen LogP contribution in [0.3, 0.4) is 0 Å². The maximum absolute atomic E-state index is 12.6. The zero-order valence-corrected chi connectivity index (χ0v) is 18.3. The van der Waals surface area contributed by atoms with Crippen LogP contribution in [-0.4, -0.2) is 21.7 Å².